The monoisotopic (exact) mass is 276 g/mol. The second kappa shape index (κ2) is 4.08. The fourth-order valence-electron chi connectivity index (χ4n) is 1.33. The number of para-hydroxylation sites is 1. The zero-order valence-corrected chi connectivity index (χ0v) is 10.2. The average Bonchev–Trinajstić information content (AvgIpc) is 2.68. The molecule has 0 spiro atoms. The summed E-state index contributed by atoms with van der Waals surface area (Å²) in [5.41, 5.74) is 0.302. The van der Waals surface area contributed by atoms with Crippen LogP contribution in [0.1, 0.15) is 0 Å². The van der Waals surface area contributed by atoms with Gasteiger partial charge in [0.25, 0.3) is 9.05 Å². The first-order chi connectivity index (χ1) is 7.50. The molecule has 84 valence electrons. The Labute approximate surface area is 102 Å². The number of nitrogens with zero attached hydrogens (tertiary/aromatic N) is 2. The van der Waals surface area contributed by atoms with Gasteiger partial charge >= 0.3 is 0 Å². The lowest BCUT2D eigenvalue weighted by Gasteiger charge is -2.09. The fourth-order valence-corrected chi connectivity index (χ4v) is 2.72. The fraction of sp³-hybridized carbons (Fsp3) is 0. The van der Waals surface area contributed by atoms with Crippen LogP contribution in [0.4, 0.5) is 0 Å². The topological polar surface area (TPSA) is 52.0 Å². The molecule has 2 aromatic rings. The lowest BCUT2D eigenvalue weighted by atomic mass is 10.3. The van der Waals surface area contributed by atoms with Crippen LogP contribution in [0.15, 0.2) is 41.8 Å². The summed E-state index contributed by atoms with van der Waals surface area (Å²) in [4.78, 5) is 3.79. The summed E-state index contributed by atoms with van der Waals surface area (Å²) >= 11 is 5.96. The van der Waals surface area contributed by atoms with Gasteiger partial charge in [-0.05, 0) is 12.1 Å². The first-order valence-corrected chi connectivity index (χ1v) is 6.90. The van der Waals surface area contributed by atoms with Gasteiger partial charge in [-0.15, -0.1) is 0 Å². The summed E-state index contributed by atoms with van der Waals surface area (Å²) in [7, 11) is 1.49. The maximum absolute atomic E-state index is 11.4. The average molecular weight is 277 g/mol. The maximum atomic E-state index is 11.4. The number of aromatic nitrogens is 2. The predicted octanol–water partition coefficient (Wildman–Crippen LogP) is 2.45. The lowest BCUT2D eigenvalue weighted by molar-refractivity contribution is 0.609. The molecule has 0 aliphatic rings. The van der Waals surface area contributed by atoms with Crippen molar-refractivity contribution in [2.24, 2.45) is 0 Å². The second-order valence-electron chi connectivity index (χ2n) is 2.99. The Hall–Kier alpha value is -1.04. The largest absolute Gasteiger partial charge is 0.303 e. The van der Waals surface area contributed by atoms with Gasteiger partial charge in [0.1, 0.15) is 4.90 Å². The summed E-state index contributed by atoms with van der Waals surface area (Å²) in [6, 6.07) is 4.50. The van der Waals surface area contributed by atoms with E-state index in [1.807, 2.05) is 0 Å². The third-order valence-electron chi connectivity index (χ3n) is 1.98. The van der Waals surface area contributed by atoms with Crippen molar-refractivity contribution in [2.75, 3.05) is 0 Å². The van der Waals surface area contributed by atoms with E-state index in [1.54, 1.807) is 12.3 Å². The molecule has 0 amide bonds. The van der Waals surface area contributed by atoms with Crippen molar-refractivity contribution in [1.82, 2.24) is 9.55 Å². The molecule has 0 N–H and O–H groups in total. The number of rotatable bonds is 2. The molecule has 2 rings (SSSR count). The third kappa shape index (κ3) is 2.07. The highest BCUT2D eigenvalue weighted by Crippen LogP contribution is 2.29. The maximum Gasteiger partial charge on any atom is 0.263 e. The van der Waals surface area contributed by atoms with Crippen molar-refractivity contribution in [3.8, 4) is 5.69 Å². The molecule has 0 aliphatic heterocycles. The standard InChI is InChI=1S/C9H6Cl2N2O2S/c10-7-2-1-3-8(16(11,14)15)9(7)13-5-4-12-6-13/h1-6H. The first-order valence-electron chi connectivity index (χ1n) is 4.21. The molecule has 4 nitrogen and oxygen atoms in total. The molecule has 0 fully saturated rings. The van der Waals surface area contributed by atoms with Gasteiger partial charge in [0.2, 0.25) is 0 Å². The minimum atomic E-state index is -3.84. The van der Waals surface area contributed by atoms with Crippen LogP contribution in [0.2, 0.25) is 5.02 Å². The van der Waals surface area contributed by atoms with E-state index >= 15 is 0 Å². The Morgan fingerprint density at radius 2 is 2.06 bits per heavy atom. The van der Waals surface area contributed by atoms with Gasteiger partial charge in [-0.3, -0.25) is 0 Å². The molecular weight excluding hydrogens is 271 g/mol. The van der Waals surface area contributed by atoms with Crippen LogP contribution in [0.25, 0.3) is 5.69 Å². The third-order valence-corrected chi connectivity index (χ3v) is 3.63. The molecule has 0 bridgehead atoms. The Kier molecular flexibility index (Phi) is 2.92. The summed E-state index contributed by atoms with van der Waals surface area (Å²) in [6.45, 7) is 0. The number of benzene rings is 1. The van der Waals surface area contributed by atoms with Crippen molar-refractivity contribution in [3.05, 3.63) is 41.9 Å². The van der Waals surface area contributed by atoms with Gasteiger partial charge in [-0.2, -0.15) is 0 Å². The van der Waals surface area contributed by atoms with Crippen LogP contribution < -0.4 is 0 Å². The van der Waals surface area contributed by atoms with E-state index in [2.05, 4.69) is 4.98 Å². The SMILES string of the molecule is O=S(=O)(Cl)c1cccc(Cl)c1-n1ccnc1. The van der Waals surface area contributed by atoms with Crippen LogP contribution >= 0.6 is 22.3 Å². The number of halogens is 2. The van der Waals surface area contributed by atoms with Gasteiger partial charge in [-0.25, -0.2) is 13.4 Å². The highest BCUT2D eigenvalue weighted by molar-refractivity contribution is 8.13. The number of hydrogen-bond donors (Lipinski definition) is 0. The van der Waals surface area contributed by atoms with Gasteiger partial charge < -0.3 is 4.57 Å². The predicted molar refractivity (Wildman–Crippen MR) is 61.6 cm³/mol. The number of hydrogen-bond acceptors (Lipinski definition) is 3. The Balaban J connectivity index is 2.78. The van der Waals surface area contributed by atoms with Crippen molar-refractivity contribution in [2.45, 2.75) is 4.90 Å². The molecule has 0 saturated heterocycles. The van der Waals surface area contributed by atoms with Crippen LogP contribution in [0, 0.1) is 0 Å². The van der Waals surface area contributed by atoms with Crippen LogP contribution in [0.5, 0.6) is 0 Å². The van der Waals surface area contributed by atoms with E-state index in [9.17, 15) is 8.42 Å². The van der Waals surface area contributed by atoms with Crippen LogP contribution in [-0.2, 0) is 9.05 Å². The Morgan fingerprint density at radius 1 is 1.31 bits per heavy atom. The zero-order valence-electron chi connectivity index (χ0n) is 7.84. The molecule has 0 unspecified atom stereocenters. The molecule has 16 heavy (non-hydrogen) atoms. The molecule has 0 radical (unpaired) electrons. The zero-order chi connectivity index (χ0) is 11.8. The lowest BCUT2D eigenvalue weighted by Crippen LogP contribution is -2.01. The molecule has 0 saturated carbocycles. The van der Waals surface area contributed by atoms with Crippen molar-refractivity contribution >= 4 is 31.3 Å². The van der Waals surface area contributed by atoms with E-state index in [0.29, 0.717) is 10.7 Å². The summed E-state index contributed by atoms with van der Waals surface area (Å²) in [6.07, 6.45) is 4.56. The minimum absolute atomic E-state index is 0.0420. The summed E-state index contributed by atoms with van der Waals surface area (Å²) in [5.74, 6) is 0. The summed E-state index contributed by atoms with van der Waals surface area (Å²) < 4.78 is 24.2. The molecule has 1 aromatic heterocycles. The van der Waals surface area contributed by atoms with Crippen molar-refractivity contribution in [1.29, 1.82) is 0 Å². The molecule has 0 atom stereocenters. The van der Waals surface area contributed by atoms with E-state index in [-0.39, 0.29) is 4.90 Å². The normalized spacial score (nSPS) is 11.6. The van der Waals surface area contributed by atoms with Gasteiger partial charge in [0.05, 0.1) is 17.0 Å². The van der Waals surface area contributed by atoms with Gasteiger partial charge in [0.15, 0.2) is 0 Å². The highest BCUT2D eigenvalue weighted by Gasteiger charge is 2.18. The first kappa shape index (κ1) is 11.4. The molecule has 1 aromatic carbocycles. The number of imidazole rings is 1. The van der Waals surface area contributed by atoms with E-state index in [1.165, 1.54) is 29.2 Å². The van der Waals surface area contributed by atoms with E-state index in [0.717, 1.165) is 0 Å². The van der Waals surface area contributed by atoms with Gasteiger partial charge in [0, 0.05) is 23.1 Å². The Morgan fingerprint density at radius 3 is 2.62 bits per heavy atom. The van der Waals surface area contributed by atoms with Crippen molar-refractivity contribution in [3.63, 3.8) is 0 Å². The van der Waals surface area contributed by atoms with Crippen molar-refractivity contribution < 1.29 is 8.42 Å². The quantitative estimate of drug-likeness (QED) is 0.792. The molecule has 0 aliphatic carbocycles. The second-order valence-corrected chi connectivity index (χ2v) is 5.94. The summed E-state index contributed by atoms with van der Waals surface area (Å²) in [5, 5.41) is 0.291. The highest BCUT2D eigenvalue weighted by atomic mass is 35.7. The van der Waals surface area contributed by atoms with E-state index in [4.69, 9.17) is 22.3 Å². The van der Waals surface area contributed by atoms with Crippen LogP contribution in [0.3, 0.4) is 0 Å². The van der Waals surface area contributed by atoms with Gasteiger partial charge in [-0.1, -0.05) is 17.7 Å². The van der Waals surface area contributed by atoms with Crippen LogP contribution in [-0.4, -0.2) is 18.0 Å². The smallest absolute Gasteiger partial charge is 0.263 e. The Bertz CT molecular complexity index is 608. The molecule has 1 heterocycles. The van der Waals surface area contributed by atoms with E-state index < -0.39 is 9.05 Å². The molecular formula is C9H6Cl2N2O2S. The minimum Gasteiger partial charge on any atom is -0.303 e. The molecule has 7 heteroatoms.